The van der Waals surface area contributed by atoms with Gasteiger partial charge in [-0.3, -0.25) is 9.78 Å². The third-order valence-corrected chi connectivity index (χ3v) is 3.49. The molecule has 0 aliphatic carbocycles. The molecule has 0 spiro atoms. The topological polar surface area (TPSA) is 80.9 Å². The van der Waals surface area contributed by atoms with Crippen molar-refractivity contribution in [2.75, 3.05) is 0 Å². The van der Waals surface area contributed by atoms with Crippen LogP contribution in [0.1, 0.15) is 17.0 Å². The Morgan fingerprint density at radius 3 is 2.42 bits per heavy atom. The zero-order valence-electron chi connectivity index (χ0n) is 13.3. The summed E-state index contributed by atoms with van der Waals surface area (Å²) in [5.74, 6) is 0.227. The van der Waals surface area contributed by atoms with Crippen molar-refractivity contribution in [3.05, 3.63) is 65.8 Å². The lowest BCUT2D eigenvalue weighted by Gasteiger charge is -2.07. The maximum Gasteiger partial charge on any atom is 0.416 e. The van der Waals surface area contributed by atoms with Crippen LogP contribution >= 0.6 is 0 Å². The monoisotopic (exact) mass is 362 g/mol. The van der Waals surface area contributed by atoms with Crippen molar-refractivity contribution in [1.82, 2.24) is 20.4 Å². The van der Waals surface area contributed by atoms with E-state index >= 15 is 0 Å². The number of carbonyl (C=O) groups is 1. The molecule has 3 aromatic rings. The second-order valence-corrected chi connectivity index (χ2v) is 5.40. The third kappa shape index (κ3) is 4.44. The summed E-state index contributed by atoms with van der Waals surface area (Å²) in [6.45, 7) is 0.0253. The molecule has 0 saturated carbocycles. The van der Waals surface area contributed by atoms with Crippen LogP contribution in [0.4, 0.5) is 13.2 Å². The minimum atomic E-state index is -4.40. The summed E-state index contributed by atoms with van der Waals surface area (Å²) < 4.78 is 42.6. The highest BCUT2D eigenvalue weighted by atomic mass is 19.4. The second kappa shape index (κ2) is 7.34. The molecular formula is C17H13F3N4O2. The molecule has 0 unspecified atom stereocenters. The van der Waals surface area contributed by atoms with Gasteiger partial charge in [-0.15, -0.1) is 0 Å². The molecule has 9 heteroatoms. The number of hydrogen-bond donors (Lipinski definition) is 1. The number of amides is 1. The smallest absolute Gasteiger partial charge is 0.347 e. The van der Waals surface area contributed by atoms with Crippen LogP contribution in [-0.4, -0.2) is 21.0 Å². The van der Waals surface area contributed by atoms with Gasteiger partial charge in [0, 0.05) is 18.0 Å². The molecule has 3 rings (SSSR count). The van der Waals surface area contributed by atoms with Crippen molar-refractivity contribution >= 4 is 5.91 Å². The standard InChI is InChI=1S/C17H13F3N4O2/c18-17(19,20)13-3-1-11(2-4-13)9-14(25)22-10-15-23-16(24-26-15)12-5-7-21-8-6-12/h1-8H,9-10H2,(H,22,25). The summed E-state index contributed by atoms with van der Waals surface area (Å²) in [5.41, 5.74) is 0.445. The largest absolute Gasteiger partial charge is 0.416 e. The summed E-state index contributed by atoms with van der Waals surface area (Å²) in [5, 5.41) is 6.40. The van der Waals surface area contributed by atoms with Crippen LogP contribution < -0.4 is 5.32 Å². The van der Waals surface area contributed by atoms with E-state index in [9.17, 15) is 18.0 Å². The van der Waals surface area contributed by atoms with Crippen LogP contribution in [-0.2, 0) is 23.9 Å². The van der Waals surface area contributed by atoms with Crippen molar-refractivity contribution in [3.8, 4) is 11.4 Å². The van der Waals surface area contributed by atoms with E-state index < -0.39 is 11.7 Å². The molecule has 1 amide bonds. The Bertz CT molecular complexity index is 877. The molecule has 0 radical (unpaired) electrons. The summed E-state index contributed by atoms with van der Waals surface area (Å²) in [6, 6.07) is 7.88. The Morgan fingerprint density at radius 1 is 1.08 bits per heavy atom. The van der Waals surface area contributed by atoms with Crippen molar-refractivity contribution in [2.24, 2.45) is 0 Å². The summed E-state index contributed by atoms with van der Waals surface area (Å²) in [4.78, 5) is 20.0. The quantitative estimate of drug-likeness (QED) is 0.755. The van der Waals surface area contributed by atoms with Gasteiger partial charge in [0.1, 0.15) is 0 Å². The fourth-order valence-electron chi connectivity index (χ4n) is 2.18. The van der Waals surface area contributed by atoms with Gasteiger partial charge in [0.25, 0.3) is 0 Å². The van der Waals surface area contributed by atoms with Gasteiger partial charge >= 0.3 is 6.18 Å². The second-order valence-electron chi connectivity index (χ2n) is 5.40. The number of alkyl halides is 3. The van der Waals surface area contributed by atoms with E-state index in [-0.39, 0.29) is 24.8 Å². The van der Waals surface area contributed by atoms with Crippen LogP contribution in [0.25, 0.3) is 11.4 Å². The molecule has 6 nitrogen and oxygen atoms in total. The van der Waals surface area contributed by atoms with Crippen molar-refractivity contribution < 1.29 is 22.5 Å². The van der Waals surface area contributed by atoms with Crippen LogP contribution in [0.3, 0.4) is 0 Å². The van der Waals surface area contributed by atoms with Gasteiger partial charge in [-0.05, 0) is 29.8 Å². The fraction of sp³-hybridized carbons (Fsp3) is 0.176. The van der Waals surface area contributed by atoms with Gasteiger partial charge in [-0.1, -0.05) is 17.3 Å². The molecule has 134 valence electrons. The Balaban J connectivity index is 1.54. The van der Waals surface area contributed by atoms with Crippen LogP contribution in [0.2, 0.25) is 0 Å². The normalized spacial score (nSPS) is 11.3. The molecule has 2 heterocycles. The molecule has 1 N–H and O–H groups in total. The van der Waals surface area contributed by atoms with Gasteiger partial charge in [0.2, 0.25) is 17.6 Å². The number of hydrogen-bond acceptors (Lipinski definition) is 5. The number of carbonyl (C=O) groups excluding carboxylic acids is 1. The van der Waals surface area contributed by atoms with E-state index in [0.717, 1.165) is 17.7 Å². The number of halogens is 3. The Morgan fingerprint density at radius 2 is 1.77 bits per heavy atom. The highest BCUT2D eigenvalue weighted by molar-refractivity contribution is 5.78. The molecule has 0 fully saturated rings. The lowest BCUT2D eigenvalue weighted by molar-refractivity contribution is -0.137. The van der Waals surface area contributed by atoms with Crippen LogP contribution in [0.15, 0.2) is 53.3 Å². The van der Waals surface area contributed by atoms with Crippen molar-refractivity contribution in [3.63, 3.8) is 0 Å². The molecule has 26 heavy (non-hydrogen) atoms. The first-order chi connectivity index (χ1) is 12.4. The first-order valence-corrected chi connectivity index (χ1v) is 7.57. The predicted octanol–water partition coefficient (Wildman–Crippen LogP) is 3.01. The van der Waals surface area contributed by atoms with Gasteiger partial charge in [0.05, 0.1) is 18.5 Å². The summed E-state index contributed by atoms with van der Waals surface area (Å²) in [6.07, 6.45) is -1.26. The molecule has 0 saturated heterocycles. The zero-order valence-corrected chi connectivity index (χ0v) is 13.3. The predicted molar refractivity (Wildman–Crippen MR) is 84.5 cm³/mol. The minimum absolute atomic E-state index is 0.0253. The third-order valence-electron chi connectivity index (χ3n) is 3.49. The number of rotatable bonds is 5. The highest BCUT2D eigenvalue weighted by Crippen LogP contribution is 2.29. The van der Waals surface area contributed by atoms with Gasteiger partial charge in [-0.25, -0.2) is 0 Å². The molecule has 1 aromatic carbocycles. The van der Waals surface area contributed by atoms with Crippen LogP contribution in [0, 0.1) is 0 Å². The van der Waals surface area contributed by atoms with E-state index in [4.69, 9.17) is 4.52 Å². The van der Waals surface area contributed by atoms with E-state index in [1.165, 1.54) is 12.1 Å². The average Bonchev–Trinajstić information content (AvgIpc) is 3.09. The highest BCUT2D eigenvalue weighted by Gasteiger charge is 2.29. The summed E-state index contributed by atoms with van der Waals surface area (Å²) in [7, 11) is 0. The average molecular weight is 362 g/mol. The zero-order chi connectivity index (χ0) is 18.6. The Kier molecular flexibility index (Phi) is 4.97. The Labute approximate surface area is 146 Å². The SMILES string of the molecule is O=C(Cc1ccc(C(F)(F)F)cc1)NCc1nc(-c2ccncc2)no1. The lowest BCUT2D eigenvalue weighted by Crippen LogP contribution is -2.24. The number of benzene rings is 1. The number of pyridine rings is 1. The first kappa shape index (κ1) is 17.6. The maximum absolute atomic E-state index is 12.5. The van der Waals surface area contributed by atoms with Crippen molar-refractivity contribution in [2.45, 2.75) is 19.1 Å². The van der Waals surface area contributed by atoms with Gasteiger partial charge in [-0.2, -0.15) is 18.2 Å². The molecule has 0 atom stereocenters. The van der Waals surface area contributed by atoms with E-state index in [1.807, 2.05) is 0 Å². The van der Waals surface area contributed by atoms with Crippen molar-refractivity contribution in [1.29, 1.82) is 0 Å². The fourth-order valence-corrected chi connectivity index (χ4v) is 2.18. The number of nitrogens with zero attached hydrogens (tertiary/aromatic N) is 3. The van der Waals surface area contributed by atoms with E-state index in [0.29, 0.717) is 11.4 Å². The van der Waals surface area contributed by atoms with Gasteiger partial charge in [0.15, 0.2) is 0 Å². The van der Waals surface area contributed by atoms with E-state index in [2.05, 4.69) is 20.4 Å². The van der Waals surface area contributed by atoms with Crippen LogP contribution in [0.5, 0.6) is 0 Å². The molecular weight excluding hydrogens is 349 g/mol. The first-order valence-electron chi connectivity index (χ1n) is 7.57. The molecule has 2 aromatic heterocycles. The molecule has 0 bridgehead atoms. The number of aromatic nitrogens is 3. The number of nitrogens with one attached hydrogen (secondary N) is 1. The Hall–Kier alpha value is -3.23. The minimum Gasteiger partial charge on any atom is -0.347 e. The molecule has 0 aliphatic heterocycles. The van der Waals surface area contributed by atoms with E-state index in [1.54, 1.807) is 24.5 Å². The summed E-state index contributed by atoms with van der Waals surface area (Å²) >= 11 is 0. The molecule has 0 aliphatic rings. The maximum atomic E-state index is 12.5. The lowest BCUT2D eigenvalue weighted by atomic mass is 10.1. The van der Waals surface area contributed by atoms with Gasteiger partial charge < -0.3 is 9.84 Å².